The van der Waals surface area contributed by atoms with E-state index in [1.165, 1.54) is 62.6 Å². The fourth-order valence-corrected chi connectivity index (χ4v) is 6.53. The van der Waals surface area contributed by atoms with Crippen LogP contribution in [0.4, 0.5) is 0 Å². The lowest BCUT2D eigenvalue weighted by molar-refractivity contribution is 0.187. The molecule has 2 fully saturated rings. The highest BCUT2D eigenvalue weighted by atomic mass is 32.2. The molecule has 1 saturated heterocycles. The second-order valence-electron chi connectivity index (χ2n) is 9.38. The predicted octanol–water partition coefficient (Wildman–Crippen LogP) is 2.56. The van der Waals surface area contributed by atoms with Gasteiger partial charge in [-0.1, -0.05) is 25.3 Å². The number of nitrogens with one attached hydrogen (secondary N) is 1. The van der Waals surface area contributed by atoms with Gasteiger partial charge >= 0.3 is 0 Å². The Morgan fingerprint density at radius 2 is 1.83 bits per heavy atom. The summed E-state index contributed by atoms with van der Waals surface area (Å²) in [4.78, 5) is 5.31. The van der Waals surface area contributed by atoms with E-state index in [9.17, 15) is 8.42 Å². The van der Waals surface area contributed by atoms with Crippen molar-refractivity contribution in [2.45, 2.75) is 75.3 Å². The maximum absolute atomic E-state index is 12.8. The van der Waals surface area contributed by atoms with E-state index in [1.54, 1.807) is 6.07 Å². The second kappa shape index (κ2) is 10.6. The van der Waals surface area contributed by atoms with Crippen LogP contribution in [-0.4, -0.2) is 63.0 Å². The number of nitrogens with zero attached hydrogens (tertiary/aromatic N) is 2. The van der Waals surface area contributed by atoms with Gasteiger partial charge in [-0.3, -0.25) is 4.90 Å². The Kier molecular flexibility index (Phi) is 8.32. The Hall–Kier alpha value is -0.990. The highest BCUT2D eigenvalue weighted by Gasteiger charge is 2.24. The Bertz CT molecular complexity index is 793. The van der Waals surface area contributed by atoms with Gasteiger partial charge in [-0.15, -0.1) is 0 Å². The number of fused-ring (bicyclic) bond motifs is 1. The summed E-state index contributed by atoms with van der Waals surface area (Å²) in [6.07, 6.45) is 11.2. The van der Waals surface area contributed by atoms with E-state index in [0.717, 1.165) is 38.4 Å². The van der Waals surface area contributed by atoms with Gasteiger partial charge in [0, 0.05) is 32.2 Å². The SMILES string of the molecule is CN1CCC[C@H]1CCNS(=O)(=O)c1ccc2c(c1)CN(CC1CCCCC1)CC2.O. The second-order valence-corrected chi connectivity index (χ2v) is 11.1. The number of likely N-dealkylation sites (tertiary alicyclic amines) is 1. The van der Waals surface area contributed by atoms with Gasteiger partial charge in [0.05, 0.1) is 4.90 Å². The summed E-state index contributed by atoms with van der Waals surface area (Å²) in [5.41, 5.74) is 2.52. The van der Waals surface area contributed by atoms with E-state index >= 15 is 0 Å². The van der Waals surface area contributed by atoms with Gasteiger partial charge in [0.25, 0.3) is 0 Å². The van der Waals surface area contributed by atoms with Crippen molar-refractivity contribution in [1.82, 2.24) is 14.5 Å². The van der Waals surface area contributed by atoms with Crippen molar-refractivity contribution in [1.29, 1.82) is 0 Å². The summed E-state index contributed by atoms with van der Waals surface area (Å²) in [6.45, 7) is 4.80. The zero-order valence-electron chi connectivity index (χ0n) is 18.4. The van der Waals surface area contributed by atoms with Crippen LogP contribution < -0.4 is 4.72 Å². The first-order valence-corrected chi connectivity index (χ1v) is 13.0. The van der Waals surface area contributed by atoms with Crippen molar-refractivity contribution in [3.05, 3.63) is 29.3 Å². The molecule has 1 saturated carbocycles. The van der Waals surface area contributed by atoms with Crippen LogP contribution in [0.3, 0.4) is 0 Å². The average Bonchev–Trinajstić information content (AvgIpc) is 3.13. The molecule has 1 atom stereocenters. The van der Waals surface area contributed by atoms with Gasteiger partial charge in [0.15, 0.2) is 0 Å². The van der Waals surface area contributed by atoms with Crippen LogP contribution in [0.1, 0.15) is 62.5 Å². The third-order valence-corrected chi connectivity index (χ3v) is 8.72. The minimum absolute atomic E-state index is 0. The van der Waals surface area contributed by atoms with Crippen LogP contribution in [0, 0.1) is 5.92 Å². The number of hydrogen-bond donors (Lipinski definition) is 1. The fourth-order valence-electron chi connectivity index (χ4n) is 5.44. The van der Waals surface area contributed by atoms with Gasteiger partial charge in [0.1, 0.15) is 0 Å². The first-order valence-electron chi connectivity index (χ1n) is 11.6. The molecule has 170 valence electrons. The normalized spacial score (nSPS) is 23.8. The van der Waals surface area contributed by atoms with Gasteiger partial charge in [0.2, 0.25) is 10.0 Å². The summed E-state index contributed by atoms with van der Waals surface area (Å²) in [6, 6.07) is 6.26. The van der Waals surface area contributed by atoms with E-state index in [0.29, 0.717) is 17.5 Å². The van der Waals surface area contributed by atoms with Crippen LogP contribution in [0.15, 0.2) is 23.1 Å². The van der Waals surface area contributed by atoms with Crippen LogP contribution in [0.2, 0.25) is 0 Å². The van der Waals surface area contributed by atoms with Crippen LogP contribution in [0.25, 0.3) is 0 Å². The van der Waals surface area contributed by atoms with Crippen LogP contribution >= 0.6 is 0 Å². The molecule has 6 nitrogen and oxygen atoms in total. The van der Waals surface area contributed by atoms with Crippen molar-refractivity contribution < 1.29 is 13.9 Å². The van der Waals surface area contributed by atoms with Crippen molar-refractivity contribution in [3.63, 3.8) is 0 Å². The monoisotopic (exact) mass is 437 g/mol. The highest BCUT2D eigenvalue weighted by Crippen LogP contribution is 2.28. The van der Waals surface area contributed by atoms with E-state index in [4.69, 9.17) is 0 Å². The molecule has 0 unspecified atom stereocenters. The molecule has 2 aliphatic heterocycles. The topological polar surface area (TPSA) is 84.2 Å². The molecular weight excluding hydrogens is 398 g/mol. The summed E-state index contributed by atoms with van der Waals surface area (Å²) in [7, 11) is -1.30. The minimum Gasteiger partial charge on any atom is -0.412 e. The minimum atomic E-state index is -3.43. The molecule has 1 aliphatic carbocycles. The highest BCUT2D eigenvalue weighted by molar-refractivity contribution is 7.89. The number of benzene rings is 1. The van der Waals surface area contributed by atoms with Crippen molar-refractivity contribution in [2.24, 2.45) is 5.92 Å². The Morgan fingerprint density at radius 3 is 2.57 bits per heavy atom. The molecule has 3 aliphatic rings. The van der Waals surface area contributed by atoms with Gasteiger partial charge in [-0.2, -0.15) is 0 Å². The van der Waals surface area contributed by atoms with E-state index in [1.807, 2.05) is 12.1 Å². The van der Waals surface area contributed by atoms with Crippen molar-refractivity contribution >= 4 is 10.0 Å². The van der Waals surface area contributed by atoms with E-state index in [2.05, 4.69) is 21.6 Å². The molecule has 30 heavy (non-hydrogen) atoms. The third kappa shape index (κ3) is 5.82. The van der Waals surface area contributed by atoms with Gasteiger partial charge in [-0.25, -0.2) is 13.1 Å². The van der Waals surface area contributed by atoms with Crippen molar-refractivity contribution in [3.8, 4) is 0 Å². The molecule has 2 heterocycles. The summed E-state index contributed by atoms with van der Waals surface area (Å²) in [5, 5.41) is 0. The first-order chi connectivity index (χ1) is 14.0. The molecule has 0 bridgehead atoms. The zero-order valence-corrected chi connectivity index (χ0v) is 19.2. The first kappa shape index (κ1) is 23.7. The molecule has 0 aromatic heterocycles. The molecule has 0 radical (unpaired) electrons. The molecule has 7 heteroatoms. The number of hydrogen-bond acceptors (Lipinski definition) is 4. The van der Waals surface area contributed by atoms with Gasteiger partial charge < -0.3 is 10.4 Å². The standard InChI is InChI=1S/C23H37N3O2S.H2O/c1-25-14-5-8-22(25)11-13-24-29(27,28)23-10-9-20-12-15-26(18-21(20)16-23)17-19-6-3-2-4-7-19;/h9-10,16,19,22,24H,2-8,11-15,17-18H2,1H3;1H2/t22-;/m0./s1. The Morgan fingerprint density at radius 1 is 1.03 bits per heavy atom. The summed E-state index contributed by atoms with van der Waals surface area (Å²) in [5.74, 6) is 0.826. The molecular formula is C23H39N3O3S. The lowest BCUT2D eigenvalue weighted by Crippen LogP contribution is -2.35. The largest absolute Gasteiger partial charge is 0.412 e. The van der Waals surface area contributed by atoms with Crippen LogP contribution in [0.5, 0.6) is 0 Å². The van der Waals surface area contributed by atoms with Crippen molar-refractivity contribution in [2.75, 3.05) is 33.2 Å². The van der Waals surface area contributed by atoms with Crippen LogP contribution in [-0.2, 0) is 23.0 Å². The van der Waals surface area contributed by atoms with E-state index in [-0.39, 0.29) is 5.48 Å². The average molecular weight is 438 g/mol. The maximum atomic E-state index is 12.8. The lowest BCUT2D eigenvalue weighted by Gasteiger charge is -2.33. The number of sulfonamides is 1. The summed E-state index contributed by atoms with van der Waals surface area (Å²) < 4.78 is 28.5. The molecule has 4 rings (SSSR count). The van der Waals surface area contributed by atoms with Gasteiger partial charge in [-0.05, 0) is 81.3 Å². The molecule has 0 amide bonds. The Labute approximate surface area is 182 Å². The van der Waals surface area contributed by atoms with E-state index < -0.39 is 10.0 Å². The lowest BCUT2D eigenvalue weighted by atomic mass is 9.88. The predicted molar refractivity (Wildman–Crippen MR) is 121 cm³/mol. The maximum Gasteiger partial charge on any atom is 0.240 e. The molecule has 0 spiro atoms. The Balaban J connectivity index is 0.00000256. The summed E-state index contributed by atoms with van der Waals surface area (Å²) >= 11 is 0. The zero-order chi connectivity index (χ0) is 20.3. The smallest absolute Gasteiger partial charge is 0.240 e. The third-order valence-electron chi connectivity index (χ3n) is 7.26. The molecule has 3 N–H and O–H groups in total. The quantitative estimate of drug-likeness (QED) is 0.710. The molecule has 1 aromatic rings. The fraction of sp³-hybridized carbons (Fsp3) is 0.739. The number of rotatable bonds is 7. The molecule has 1 aromatic carbocycles.